The van der Waals surface area contributed by atoms with Crippen molar-refractivity contribution in [3.63, 3.8) is 0 Å². The van der Waals surface area contributed by atoms with Crippen molar-refractivity contribution in [2.75, 3.05) is 59.5 Å². The summed E-state index contributed by atoms with van der Waals surface area (Å²) in [5, 5.41) is 311. The van der Waals surface area contributed by atoms with Crippen LogP contribution in [-0.2, 0) is 109 Å². The summed E-state index contributed by atoms with van der Waals surface area (Å²) in [6.07, 6.45) is -96.2. The molecule has 4 amide bonds. The Labute approximate surface area is 691 Å². The Morgan fingerprint density at radius 2 is 0.516 bits per heavy atom. The Morgan fingerprint density at radius 3 is 0.975 bits per heavy atom. The summed E-state index contributed by atoms with van der Waals surface area (Å²) in [5.74, 6) is -3.79. The molecule has 10 fully saturated rings. The quantitative estimate of drug-likeness (QED) is 0.0306. The molecule has 0 spiro atoms. The van der Waals surface area contributed by atoms with Crippen LogP contribution in [0.15, 0.2) is 0 Å². The van der Waals surface area contributed by atoms with Gasteiger partial charge in [-0.25, -0.2) is 0 Å². The van der Waals surface area contributed by atoms with Crippen LogP contribution in [0.5, 0.6) is 0 Å². The lowest BCUT2D eigenvalue weighted by atomic mass is 9.93. The van der Waals surface area contributed by atoms with Crippen LogP contribution in [0.3, 0.4) is 0 Å². The highest BCUT2D eigenvalue weighted by molar-refractivity contribution is 5.74. The molecule has 50 unspecified atom stereocenters. The average Bonchev–Trinajstić information content (AvgIpc) is 0.768. The Balaban J connectivity index is 1.00. The first-order valence-corrected chi connectivity index (χ1v) is 39.0. The van der Waals surface area contributed by atoms with Gasteiger partial charge in [-0.1, -0.05) is 0 Å². The van der Waals surface area contributed by atoms with Gasteiger partial charge in [0, 0.05) is 27.7 Å². The summed E-state index contributed by atoms with van der Waals surface area (Å²) >= 11 is 0. The normalized spacial score (nSPS) is 49.7. The van der Waals surface area contributed by atoms with E-state index in [-0.39, 0.29) is 0 Å². The second-order valence-corrected chi connectivity index (χ2v) is 31.0. The summed E-state index contributed by atoms with van der Waals surface area (Å²) in [6.45, 7) is -4.95. The maximum atomic E-state index is 13.3. The topological polar surface area (TPSA) is 838 Å². The van der Waals surface area contributed by atoms with Gasteiger partial charge in [0.05, 0.1) is 65.6 Å². The molecule has 0 bridgehead atoms. The van der Waals surface area contributed by atoms with Gasteiger partial charge in [0.2, 0.25) is 23.6 Å². The van der Waals surface area contributed by atoms with Gasteiger partial charge >= 0.3 is 0 Å². The van der Waals surface area contributed by atoms with Gasteiger partial charge in [-0.2, -0.15) is 0 Å². The number of carbonyl (C=O) groups is 4. The van der Waals surface area contributed by atoms with Crippen molar-refractivity contribution in [2.45, 2.75) is 341 Å². The Hall–Kier alpha value is -3.96. The van der Waals surface area contributed by atoms with Crippen LogP contribution in [-0.4, -0.2) is 528 Å². The molecular formula is C68H114N4O50. The van der Waals surface area contributed by atoms with E-state index in [9.17, 15) is 157 Å². The third-order valence-corrected chi connectivity index (χ3v) is 22.4. The molecule has 10 saturated heterocycles. The van der Waals surface area contributed by atoms with E-state index in [1.165, 1.54) is 6.92 Å². The van der Waals surface area contributed by atoms with E-state index in [0.717, 1.165) is 27.7 Å². The first-order valence-electron chi connectivity index (χ1n) is 39.0. The Bertz CT molecular complexity index is 3290. The highest BCUT2D eigenvalue weighted by atomic mass is 16.8. The van der Waals surface area contributed by atoms with Gasteiger partial charge in [0.15, 0.2) is 62.9 Å². The third-order valence-electron chi connectivity index (χ3n) is 22.4. The van der Waals surface area contributed by atoms with Crippen molar-refractivity contribution >= 4 is 23.6 Å². The molecule has 0 aromatic rings. The predicted octanol–water partition coefficient (Wildman–Crippen LogP) is -21.2. The zero-order valence-electron chi connectivity index (χ0n) is 65.7. The van der Waals surface area contributed by atoms with Crippen molar-refractivity contribution in [3.8, 4) is 0 Å². The lowest BCUT2D eigenvalue weighted by Gasteiger charge is -2.51. The summed E-state index contributed by atoms with van der Waals surface area (Å²) in [5.41, 5.74) is 0. The lowest BCUT2D eigenvalue weighted by Crippen LogP contribution is -2.71. The zero-order valence-corrected chi connectivity index (χ0v) is 65.7. The second kappa shape index (κ2) is 43.6. The number of rotatable bonds is 31. The number of hydrogen-bond donors (Lipinski definition) is 31. The van der Waals surface area contributed by atoms with E-state index in [1.807, 2.05) is 0 Å². The van der Waals surface area contributed by atoms with Crippen molar-refractivity contribution in [3.05, 3.63) is 0 Å². The van der Waals surface area contributed by atoms with Crippen molar-refractivity contribution in [1.82, 2.24) is 21.3 Å². The van der Waals surface area contributed by atoms with Gasteiger partial charge < -0.3 is 249 Å². The minimum Gasteiger partial charge on any atom is -0.394 e. The summed E-state index contributed by atoms with van der Waals surface area (Å²) < 4.78 is 113. The van der Waals surface area contributed by atoms with E-state index in [4.69, 9.17) is 90.0 Å². The van der Waals surface area contributed by atoms with Crippen LogP contribution in [0, 0.1) is 0 Å². The molecule has 31 N–H and O–H groups in total. The fourth-order valence-corrected chi connectivity index (χ4v) is 15.8. The van der Waals surface area contributed by atoms with E-state index in [0.29, 0.717) is 0 Å². The van der Waals surface area contributed by atoms with Gasteiger partial charge in [-0.3, -0.25) is 19.2 Å². The van der Waals surface area contributed by atoms with Crippen LogP contribution < -0.4 is 21.3 Å². The predicted molar refractivity (Wildman–Crippen MR) is 375 cm³/mol. The molecule has 122 heavy (non-hydrogen) atoms. The van der Waals surface area contributed by atoms with Crippen LogP contribution in [0.2, 0.25) is 0 Å². The zero-order chi connectivity index (χ0) is 89.8. The summed E-state index contributed by atoms with van der Waals surface area (Å²) in [6, 6.07) is -7.69. The molecule has 0 saturated carbocycles. The molecular weight excluding hydrogens is 1670 g/mol. The third kappa shape index (κ3) is 22.0. The fourth-order valence-electron chi connectivity index (χ4n) is 15.8. The van der Waals surface area contributed by atoms with E-state index in [1.54, 1.807) is 0 Å². The van der Waals surface area contributed by atoms with Crippen molar-refractivity contribution in [2.24, 2.45) is 0 Å². The monoisotopic (exact) mass is 1790 g/mol. The maximum absolute atomic E-state index is 13.3. The molecule has 0 aromatic carbocycles. The smallest absolute Gasteiger partial charge is 0.217 e. The van der Waals surface area contributed by atoms with E-state index < -0.39 is 390 Å². The minimum atomic E-state index is -2.64. The number of carbonyl (C=O) groups excluding carboxylic acids is 4. The molecule has 0 aliphatic carbocycles. The van der Waals surface area contributed by atoms with Gasteiger partial charge in [-0.05, 0) is 6.92 Å². The highest BCUT2D eigenvalue weighted by Crippen LogP contribution is 2.41. The lowest BCUT2D eigenvalue weighted by molar-refractivity contribution is -0.399. The largest absolute Gasteiger partial charge is 0.394 e. The molecule has 54 heteroatoms. The number of ether oxygens (including phenoxy) is 19. The van der Waals surface area contributed by atoms with Crippen molar-refractivity contribution in [1.29, 1.82) is 0 Å². The summed E-state index contributed by atoms with van der Waals surface area (Å²) in [7, 11) is 0. The molecule has 10 heterocycles. The van der Waals surface area contributed by atoms with Crippen LogP contribution in [0.25, 0.3) is 0 Å². The average molecular weight is 1790 g/mol. The molecule has 10 aliphatic heterocycles. The standard InChI is InChI=1S/C68H114N4O50/c1-15-33(84)43(94)48(99)63(106-15)104-14-28-53(41(92)29(59(103)107-28)69-16(2)80)116-60-30(70-17(3)81)42(93)52(26(12-79)114-60)117-66-51(102)56(120-68-58(47(98)37(88)23(9-76)113-68)122-62-32(72-19(5)83)55(39(90)25(11-78)109-62)119-65-50(101)45(96)35(86)21(7-74)111-65)40(91)27(115-66)13-105-67-57(46(97)36(87)22(8-75)112-67)121-61-31(71-18(4)82)54(38(89)24(10-77)108-61)118-64-49(100)44(95)34(85)20(6-73)110-64/h15,20-68,73-79,84-103H,6-14H2,1-5H3,(H,69,80)(H,70,81)(H,71,82)(H,72,83). The molecule has 50 atom stereocenters. The highest BCUT2D eigenvalue weighted by Gasteiger charge is 2.62. The van der Waals surface area contributed by atoms with Crippen LogP contribution in [0.4, 0.5) is 0 Å². The Morgan fingerprint density at radius 1 is 0.230 bits per heavy atom. The molecule has 54 nitrogen and oxygen atoms in total. The molecule has 10 aliphatic rings. The van der Waals surface area contributed by atoms with Crippen LogP contribution >= 0.6 is 0 Å². The molecule has 10 rings (SSSR count). The first kappa shape index (κ1) is 100. The number of amides is 4. The van der Waals surface area contributed by atoms with Gasteiger partial charge in [0.1, 0.15) is 238 Å². The second-order valence-electron chi connectivity index (χ2n) is 31.0. The molecule has 0 aromatic heterocycles. The maximum Gasteiger partial charge on any atom is 0.217 e. The van der Waals surface area contributed by atoms with E-state index >= 15 is 0 Å². The fraction of sp³-hybridized carbons (Fsp3) is 0.941. The van der Waals surface area contributed by atoms with Crippen molar-refractivity contribution < 1.29 is 247 Å². The van der Waals surface area contributed by atoms with Gasteiger partial charge in [-0.15, -0.1) is 0 Å². The number of hydrogen-bond acceptors (Lipinski definition) is 50. The molecule has 706 valence electrons. The number of nitrogens with one attached hydrogen (secondary N) is 4. The first-order chi connectivity index (χ1) is 57.7. The van der Waals surface area contributed by atoms with Crippen LogP contribution in [0.1, 0.15) is 34.6 Å². The SMILES string of the molecule is CC(=O)NC1C(O)OC(COC2OC(C)C(O)C(O)C2O)C(OC2OC(CO)C(OC3OC(COC4OC(CO)C(O)C(O)C4OC4OC(CO)C(O)C(OC5OC(CO)C(O)C(O)C5O)C4NC(C)=O)C(O)C(OC4OC(CO)C(O)C(O)C4OC4OC(CO)C(O)C(OC5OC(CO)C(O)C(O)C5O)C4NC(C)=O)C3O)C(O)C2NC(C)=O)C1O. The number of aliphatic hydroxyl groups excluding tert-OH is 27. The minimum absolute atomic E-state index is 0.848. The Kier molecular flexibility index (Phi) is 35.8. The summed E-state index contributed by atoms with van der Waals surface area (Å²) in [4.78, 5) is 51.9. The van der Waals surface area contributed by atoms with E-state index in [2.05, 4.69) is 21.3 Å². The molecule has 0 radical (unpaired) electrons. The number of aliphatic hydroxyl groups is 27. The van der Waals surface area contributed by atoms with Gasteiger partial charge in [0.25, 0.3) is 0 Å².